The Kier molecular flexibility index (Phi) is 8.64. The van der Waals surface area contributed by atoms with Crippen LogP contribution in [0.2, 0.25) is 0 Å². The lowest BCUT2D eigenvalue weighted by Gasteiger charge is -2.23. The zero-order chi connectivity index (χ0) is 17.9. The minimum atomic E-state index is -1.82. The van der Waals surface area contributed by atoms with Crippen molar-refractivity contribution >= 4 is 11.9 Å². The first kappa shape index (κ1) is 19.8. The largest absolute Gasteiger partial charge is 0.497 e. The van der Waals surface area contributed by atoms with Crippen molar-refractivity contribution in [3.05, 3.63) is 23.8 Å². The van der Waals surface area contributed by atoms with Gasteiger partial charge in [0, 0.05) is 18.7 Å². The molecule has 0 aromatic heterocycles. The van der Waals surface area contributed by atoms with Crippen LogP contribution in [0, 0.1) is 0 Å². The first-order chi connectivity index (χ1) is 11.5. The van der Waals surface area contributed by atoms with E-state index in [1.165, 1.54) is 37.7 Å². The van der Waals surface area contributed by atoms with Gasteiger partial charge < -0.3 is 25.0 Å². The van der Waals surface area contributed by atoms with Crippen molar-refractivity contribution in [1.82, 2.24) is 5.32 Å². The molecular formula is C17H25NO6. The number of rotatable bonds is 5. The molecule has 3 N–H and O–H groups in total. The molecule has 0 unspecified atom stereocenters. The van der Waals surface area contributed by atoms with Gasteiger partial charge in [0.15, 0.2) is 0 Å². The Labute approximate surface area is 141 Å². The molecule has 1 aliphatic rings. The van der Waals surface area contributed by atoms with Gasteiger partial charge in [-0.3, -0.25) is 0 Å². The summed E-state index contributed by atoms with van der Waals surface area (Å²) in [5.74, 6) is -1.94. The highest BCUT2D eigenvalue weighted by molar-refractivity contribution is 6.27. The number of aliphatic carboxylic acids is 2. The van der Waals surface area contributed by atoms with Crippen LogP contribution in [0.1, 0.15) is 37.7 Å². The lowest BCUT2D eigenvalue weighted by molar-refractivity contribution is -0.159. The van der Waals surface area contributed by atoms with Crippen LogP contribution in [0.5, 0.6) is 11.5 Å². The van der Waals surface area contributed by atoms with Gasteiger partial charge in [-0.15, -0.1) is 0 Å². The number of carbonyl (C=O) groups is 2. The van der Waals surface area contributed by atoms with E-state index in [0.717, 1.165) is 18.0 Å². The summed E-state index contributed by atoms with van der Waals surface area (Å²) in [6.45, 7) is 0.887. The molecule has 1 aromatic rings. The molecule has 0 saturated heterocycles. The molecule has 24 heavy (non-hydrogen) atoms. The van der Waals surface area contributed by atoms with Crippen LogP contribution in [0.15, 0.2) is 18.2 Å². The molecule has 0 atom stereocenters. The quantitative estimate of drug-likeness (QED) is 0.707. The van der Waals surface area contributed by atoms with Gasteiger partial charge >= 0.3 is 11.9 Å². The van der Waals surface area contributed by atoms with E-state index in [1.807, 2.05) is 6.07 Å². The van der Waals surface area contributed by atoms with E-state index in [2.05, 4.69) is 17.4 Å². The minimum Gasteiger partial charge on any atom is -0.497 e. The van der Waals surface area contributed by atoms with Crippen molar-refractivity contribution in [3.8, 4) is 11.5 Å². The molecule has 134 valence electrons. The SMILES string of the molecule is COc1cc(CNC2CCCCC2)cc(OC)c1.O=C(O)C(=O)O. The average molecular weight is 339 g/mol. The smallest absolute Gasteiger partial charge is 0.414 e. The standard InChI is InChI=1S/C15H23NO2.C2H2O4/c1-17-14-8-12(9-15(10-14)18-2)11-16-13-6-4-3-5-7-13;3-1(4)2(5)6/h8-10,13,16H,3-7,11H2,1-2H3;(H,3,4)(H,5,6). The van der Waals surface area contributed by atoms with Gasteiger partial charge in [-0.25, -0.2) is 9.59 Å². The molecule has 1 fully saturated rings. The second kappa shape index (κ2) is 10.5. The summed E-state index contributed by atoms with van der Waals surface area (Å²) in [5.41, 5.74) is 1.22. The molecule has 0 aliphatic heterocycles. The van der Waals surface area contributed by atoms with E-state index in [0.29, 0.717) is 6.04 Å². The van der Waals surface area contributed by atoms with Crippen LogP contribution in [-0.2, 0) is 16.1 Å². The van der Waals surface area contributed by atoms with Crippen LogP contribution >= 0.6 is 0 Å². The van der Waals surface area contributed by atoms with Gasteiger partial charge in [0.05, 0.1) is 14.2 Å². The molecule has 0 spiro atoms. The summed E-state index contributed by atoms with van der Waals surface area (Å²) in [6.07, 6.45) is 6.73. The van der Waals surface area contributed by atoms with E-state index in [4.69, 9.17) is 29.3 Å². The lowest BCUT2D eigenvalue weighted by Crippen LogP contribution is -2.30. The molecular weight excluding hydrogens is 314 g/mol. The van der Waals surface area contributed by atoms with Gasteiger partial charge in [0.1, 0.15) is 11.5 Å². The predicted octanol–water partition coefficient (Wildman–Crippen LogP) is 2.28. The fourth-order valence-corrected chi connectivity index (χ4v) is 2.54. The lowest BCUT2D eigenvalue weighted by atomic mass is 9.95. The number of ether oxygens (including phenoxy) is 2. The number of benzene rings is 1. The van der Waals surface area contributed by atoms with Crippen molar-refractivity contribution in [1.29, 1.82) is 0 Å². The number of hydrogen-bond acceptors (Lipinski definition) is 5. The monoisotopic (exact) mass is 339 g/mol. The first-order valence-corrected chi connectivity index (χ1v) is 7.87. The van der Waals surface area contributed by atoms with Crippen molar-refractivity contribution in [3.63, 3.8) is 0 Å². The minimum absolute atomic E-state index is 0.677. The van der Waals surface area contributed by atoms with Crippen LogP contribution in [0.3, 0.4) is 0 Å². The summed E-state index contributed by atoms with van der Waals surface area (Å²) in [5, 5.41) is 18.4. The Morgan fingerprint density at radius 3 is 1.92 bits per heavy atom. The molecule has 1 aromatic carbocycles. The predicted molar refractivity (Wildman–Crippen MR) is 88.5 cm³/mol. The van der Waals surface area contributed by atoms with Crippen molar-refractivity contribution in [2.24, 2.45) is 0 Å². The zero-order valence-corrected chi connectivity index (χ0v) is 14.1. The molecule has 0 amide bonds. The second-order valence-corrected chi connectivity index (χ2v) is 5.55. The molecule has 2 rings (SSSR count). The number of nitrogens with one attached hydrogen (secondary N) is 1. The van der Waals surface area contributed by atoms with Crippen molar-refractivity contribution in [2.45, 2.75) is 44.7 Å². The Hall–Kier alpha value is -2.28. The molecule has 1 saturated carbocycles. The van der Waals surface area contributed by atoms with E-state index >= 15 is 0 Å². The van der Waals surface area contributed by atoms with E-state index < -0.39 is 11.9 Å². The third kappa shape index (κ3) is 7.32. The molecule has 0 radical (unpaired) electrons. The molecule has 0 heterocycles. The van der Waals surface area contributed by atoms with Crippen molar-refractivity contribution in [2.75, 3.05) is 14.2 Å². The van der Waals surface area contributed by atoms with E-state index in [9.17, 15) is 0 Å². The Morgan fingerprint density at radius 1 is 1.00 bits per heavy atom. The third-order valence-corrected chi connectivity index (χ3v) is 3.79. The van der Waals surface area contributed by atoms with Gasteiger partial charge in [-0.2, -0.15) is 0 Å². The van der Waals surface area contributed by atoms with Gasteiger partial charge in [0.2, 0.25) is 0 Å². The fraction of sp³-hybridized carbons (Fsp3) is 0.529. The Bertz CT molecular complexity index is 506. The normalized spacial score (nSPS) is 14.2. The van der Waals surface area contributed by atoms with Gasteiger partial charge in [0.25, 0.3) is 0 Å². The van der Waals surface area contributed by atoms with Crippen LogP contribution in [0.25, 0.3) is 0 Å². The highest BCUT2D eigenvalue weighted by Crippen LogP contribution is 2.23. The zero-order valence-electron chi connectivity index (χ0n) is 14.1. The topological polar surface area (TPSA) is 105 Å². The Balaban J connectivity index is 0.000000413. The third-order valence-electron chi connectivity index (χ3n) is 3.79. The van der Waals surface area contributed by atoms with Gasteiger partial charge in [-0.1, -0.05) is 19.3 Å². The number of methoxy groups -OCH3 is 2. The average Bonchev–Trinajstić information content (AvgIpc) is 2.61. The summed E-state index contributed by atoms with van der Waals surface area (Å²) in [6, 6.07) is 6.72. The van der Waals surface area contributed by atoms with Crippen molar-refractivity contribution < 1.29 is 29.3 Å². The molecule has 7 heteroatoms. The maximum atomic E-state index is 9.10. The van der Waals surface area contributed by atoms with Crippen LogP contribution in [-0.4, -0.2) is 42.4 Å². The second-order valence-electron chi connectivity index (χ2n) is 5.55. The maximum Gasteiger partial charge on any atom is 0.414 e. The molecule has 7 nitrogen and oxygen atoms in total. The van der Waals surface area contributed by atoms with E-state index in [1.54, 1.807) is 14.2 Å². The fourth-order valence-electron chi connectivity index (χ4n) is 2.54. The molecule has 0 bridgehead atoms. The highest BCUT2D eigenvalue weighted by Gasteiger charge is 2.12. The van der Waals surface area contributed by atoms with Crippen LogP contribution in [0.4, 0.5) is 0 Å². The highest BCUT2D eigenvalue weighted by atomic mass is 16.5. The van der Waals surface area contributed by atoms with Gasteiger partial charge in [-0.05, 0) is 30.5 Å². The summed E-state index contributed by atoms with van der Waals surface area (Å²) < 4.78 is 10.6. The summed E-state index contributed by atoms with van der Waals surface area (Å²) in [7, 11) is 3.38. The molecule has 1 aliphatic carbocycles. The number of hydrogen-bond donors (Lipinski definition) is 3. The summed E-state index contributed by atoms with van der Waals surface area (Å²) >= 11 is 0. The summed E-state index contributed by atoms with van der Waals surface area (Å²) in [4.78, 5) is 18.2. The maximum absolute atomic E-state index is 9.10. The number of carboxylic acid groups (broad SMARTS) is 2. The Morgan fingerprint density at radius 2 is 1.50 bits per heavy atom. The van der Waals surface area contributed by atoms with E-state index in [-0.39, 0.29) is 0 Å². The number of carboxylic acids is 2. The first-order valence-electron chi connectivity index (χ1n) is 7.87. The van der Waals surface area contributed by atoms with Crippen LogP contribution < -0.4 is 14.8 Å².